The van der Waals surface area contributed by atoms with Crippen LogP contribution in [0.5, 0.6) is 0 Å². The molecule has 0 aliphatic carbocycles. The summed E-state index contributed by atoms with van der Waals surface area (Å²) in [4.78, 5) is 28.8. The van der Waals surface area contributed by atoms with Crippen molar-refractivity contribution < 1.29 is 14.3 Å². The van der Waals surface area contributed by atoms with Gasteiger partial charge in [0.05, 0.1) is 12.3 Å². The third-order valence-corrected chi connectivity index (χ3v) is 4.54. The molecular weight excluding hydrogens is 324 g/mol. The molecule has 0 bridgehead atoms. The second-order valence-electron chi connectivity index (χ2n) is 6.44. The van der Waals surface area contributed by atoms with Crippen molar-refractivity contribution in [2.45, 2.75) is 40.0 Å². The predicted octanol–water partition coefficient (Wildman–Crippen LogP) is 4.18. The average Bonchev–Trinajstić information content (AvgIpc) is 2.87. The van der Waals surface area contributed by atoms with Gasteiger partial charge in [0.2, 0.25) is 0 Å². The monoisotopic (exact) mass is 346 g/mol. The van der Waals surface area contributed by atoms with Crippen molar-refractivity contribution in [1.82, 2.24) is 4.98 Å². The van der Waals surface area contributed by atoms with Gasteiger partial charge < -0.3 is 4.74 Å². The second kappa shape index (κ2) is 7.13. The molecule has 5 nitrogen and oxygen atoms in total. The second-order valence-corrected chi connectivity index (χ2v) is 7.43. The standard InChI is InChI=1S/C18H22N2O3S/c1-6-23-16(22)14-11(2)19-17(24-14)20-15(21)12-7-9-13(10-8-12)18(3,4)5/h7-10H,6H2,1-5H3,(H,19,20,21). The Morgan fingerprint density at radius 1 is 1.21 bits per heavy atom. The largest absolute Gasteiger partial charge is 0.462 e. The number of aromatic nitrogens is 1. The van der Waals surface area contributed by atoms with E-state index in [9.17, 15) is 9.59 Å². The van der Waals surface area contributed by atoms with Gasteiger partial charge in [-0.15, -0.1) is 0 Å². The van der Waals surface area contributed by atoms with Crippen LogP contribution in [-0.2, 0) is 10.2 Å². The fraction of sp³-hybridized carbons (Fsp3) is 0.389. The SMILES string of the molecule is CCOC(=O)c1sc(NC(=O)c2ccc(C(C)(C)C)cc2)nc1C. The molecule has 0 unspecified atom stereocenters. The summed E-state index contributed by atoms with van der Waals surface area (Å²) in [6, 6.07) is 7.49. The molecule has 24 heavy (non-hydrogen) atoms. The lowest BCUT2D eigenvalue weighted by Crippen LogP contribution is -2.14. The van der Waals surface area contributed by atoms with Crippen LogP contribution < -0.4 is 5.32 Å². The van der Waals surface area contributed by atoms with E-state index in [1.54, 1.807) is 26.0 Å². The van der Waals surface area contributed by atoms with Crippen molar-refractivity contribution in [3.8, 4) is 0 Å². The number of hydrogen-bond donors (Lipinski definition) is 1. The number of anilines is 1. The van der Waals surface area contributed by atoms with E-state index in [0.717, 1.165) is 16.9 Å². The summed E-state index contributed by atoms with van der Waals surface area (Å²) in [6.07, 6.45) is 0. The van der Waals surface area contributed by atoms with E-state index in [-0.39, 0.29) is 11.3 Å². The first-order valence-corrected chi connectivity index (χ1v) is 8.60. The van der Waals surface area contributed by atoms with E-state index < -0.39 is 5.97 Å². The molecule has 1 aromatic carbocycles. The van der Waals surface area contributed by atoms with Crippen LogP contribution in [-0.4, -0.2) is 23.5 Å². The molecule has 1 N–H and O–H groups in total. The van der Waals surface area contributed by atoms with Crippen molar-refractivity contribution in [3.05, 3.63) is 46.0 Å². The summed E-state index contributed by atoms with van der Waals surface area (Å²) in [5.41, 5.74) is 2.30. The number of rotatable bonds is 4. The van der Waals surface area contributed by atoms with Crippen molar-refractivity contribution in [3.63, 3.8) is 0 Å². The number of hydrogen-bond acceptors (Lipinski definition) is 5. The quantitative estimate of drug-likeness (QED) is 0.843. The maximum atomic E-state index is 12.3. The predicted molar refractivity (Wildman–Crippen MR) is 95.9 cm³/mol. The topological polar surface area (TPSA) is 68.3 Å². The lowest BCUT2D eigenvalue weighted by atomic mass is 9.87. The Morgan fingerprint density at radius 3 is 2.38 bits per heavy atom. The van der Waals surface area contributed by atoms with Crippen LogP contribution in [0.15, 0.2) is 24.3 Å². The van der Waals surface area contributed by atoms with E-state index in [2.05, 4.69) is 31.1 Å². The van der Waals surface area contributed by atoms with Crippen LogP contribution in [0.4, 0.5) is 5.13 Å². The molecule has 2 rings (SSSR count). The fourth-order valence-electron chi connectivity index (χ4n) is 2.13. The number of thiazole rings is 1. The normalized spacial score (nSPS) is 11.2. The zero-order valence-corrected chi connectivity index (χ0v) is 15.4. The summed E-state index contributed by atoms with van der Waals surface area (Å²) in [7, 11) is 0. The zero-order valence-electron chi connectivity index (χ0n) is 14.6. The van der Waals surface area contributed by atoms with Crippen molar-refractivity contribution in [1.29, 1.82) is 0 Å². The van der Waals surface area contributed by atoms with Crippen LogP contribution >= 0.6 is 11.3 Å². The van der Waals surface area contributed by atoms with Gasteiger partial charge in [0.1, 0.15) is 4.88 Å². The highest BCUT2D eigenvalue weighted by molar-refractivity contribution is 7.17. The number of carbonyl (C=O) groups is 2. The van der Waals surface area contributed by atoms with Gasteiger partial charge in [0, 0.05) is 5.56 Å². The van der Waals surface area contributed by atoms with Crippen LogP contribution in [0.3, 0.4) is 0 Å². The Hall–Kier alpha value is -2.21. The summed E-state index contributed by atoms with van der Waals surface area (Å²) >= 11 is 1.12. The van der Waals surface area contributed by atoms with Gasteiger partial charge in [-0.3, -0.25) is 10.1 Å². The molecule has 1 heterocycles. The lowest BCUT2D eigenvalue weighted by molar-refractivity contribution is 0.0531. The fourth-order valence-corrected chi connectivity index (χ4v) is 2.98. The number of aryl methyl sites for hydroxylation is 1. The van der Waals surface area contributed by atoms with Crippen molar-refractivity contribution in [2.75, 3.05) is 11.9 Å². The average molecular weight is 346 g/mol. The Labute approximate surface area is 146 Å². The molecule has 0 saturated carbocycles. The molecule has 0 aliphatic rings. The number of ether oxygens (including phenoxy) is 1. The van der Waals surface area contributed by atoms with E-state index in [4.69, 9.17) is 4.74 Å². The molecule has 2 aromatic rings. The number of nitrogens with zero attached hydrogens (tertiary/aromatic N) is 1. The molecule has 128 valence electrons. The number of carbonyl (C=O) groups excluding carboxylic acids is 2. The van der Waals surface area contributed by atoms with Crippen LogP contribution in [0.25, 0.3) is 0 Å². The summed E-state index contributed by atoms with van der Waals surface area (Å²) in [5.74, 6) is -0.665. The molecule has 1 amide bonds. The Kier molecular flexibility index (Phi) is 5.39. The Balaban J connectivity index is 2.12. The minimum Gasteiger partial charge on any atom is -0.462 e. The molecule has 0 spiro atoms. The molecule has 0 fully saturated rings. The minimum atomic E-state index is -0.414. The molecule has 0 saturated heterocycles. The number of benzene rings is 1. The van der Waals surface area contributed by atoms with E-state index in [1.807, 2.05) is 12.1 Å². The van der Waals surface area contributed by atoms with E-state index >= 15 is 0 Å². The molecule has 0 radical (unpaired) electrons. The highest BCUT2D eigenvalue weighted by atomic mass is 32.1. The van der Waals surface area contributed by atoms with Gasteiger partial charge in [-0.25, -0.2) is 9.78 Å². The first-order valence-electron chi connectivity index (χ1n) is 7.78. The molecular formula is C18H22N2O3S. The maximum absolute atomic E-state index is 12.3. The van der Waals surface area contributed by atoms with E-state index in [1.165, 1.54) is 0 Å². The van der Waals surface area contributed by atoms with Gasteiger partial charge in [0.25, 0.3) is 5.91 Å². The molecule has 0 atom stereocenters. The van der Waals surface area contributed by atoms with Gasteiger partial charge in [-0.05, 0) is 37.0 Å². The van der Waals surface area contributed by atoms with Crippen molar-refractivity contribution >= 4 is 28.3 Å². The first-order chi connectivity index (χ1) is 11.2. The molecule has 6 heteroatoms. The number of nitrogens with one attached hydrogen (secondary N) is 1. The third kappa shape index (κ3) is 4.20. The number of esters is 1. The maximum Gasteiger partial charge on any atom is 0.350 e. The van der Waals surface area contributed by atoms with Gasteiger partial charge >= 0.3 is 5.97 Å². The van der Waals surface area contributed by atoms with Gasteiger partial charge in [-0.1, -0.05) is 44.2 Å². The third-order valence-electron chi connectivity index (χ3n) is 3.49. The summed E-state index contributed by atoms with van der Waals surface area (Å²) in [6.45, 7) is 10.1. The molecule has 1 aromatic heterocycles. The highest BCUT2D eigenvalue weighted by Crippen LogP contribution is 2.25. The summed E-state index contributed by atoms with van der Waals surface area (Å²) in [5, 5.41) is 3.12. The van der Waals surface area contributed by atoms with Crippen molar-refractivity contribution in [2.24, 2.45) is 0 Å². The number of amides is 1. The first kappa shape index (κ1) is 18.1. The Morgan fingerprint density at radius 2 is 1.83 bits per heavy atom. The smallest absolute Gasteiger partial charge is 0.350 e. The van der Waals surface area contributed by atoms with Crippen LogP contribution in [0, 0.1) is 6.92 Å². The Bertz CT molecular complexity index is 743. The molecule has 0 aliphatic heterocycles. The minimum absolute atomic E-state index is 0.0377. The summed E-state index contributed by atoms with van der Waals surface area (Å²) < 4.78 is 4.98. The highest BCUT2D eigenvalue weighted by Gasteiger charge is 2.18. The van der Waals surface area contributed by atoms with Crippen LogP contribution in [0.2, 0.25) is 0 Å². The lowest BCUT2D eigenvalue weighted by Gasteiger charge is -2.18. The van der Waals surface area contributed by atoms with E-state index in [0.29, 0.717) is 27.9 Å². The van der Waals surface area contributed by atoms with Crippen LogP contribution in [0.1, 0.15) is 59.0 Å². The van der Waals surface area contributed by atoms with Gasteiger partial charge in [0.15, 0.2) is 5.13 Å². The van der Waals surface area contributed by atoms with Gasteiger partial charge in [-0.2, -0.15) is 0 Å². The zero-order chi connectivity index (χ0) is 17.9.